The van der Waals surface area contributed by atoms with Crippen molar-refractivity contribution in [2.45, 2.75) is 77.1 Å². The highest BCUT2D eigenvalue weighted by molar-refractivity contribution is 6.77. The molecule has 1 atom stereocenters. The van der Waals surface area contributed by atoms with E-state index in [9.17, 15) is 17.6 Å². The van der Waals surface area contributed by atoms with Crippen molar-refractivity contribution in [1.82, 2.24) is 4.98 Å². The van der Waals surface area contributed by atoms with Crippen LogP contribution in [0.4, 0.5) is 17.6 Å². The van der Waals surface area contributed by atoms with E-state index in [1.165, 1.54) is 12.1 Å². The fraction of sp³-hybridized carbons (Fsp3) is 0.387. The Kier molecular flexibility index (Phi) is 11.1. The Labute approximate surface area is 241 Å². The molecule has 4 rings (SSSR count). The molecule has 2 aromatic carbocycles. The third-order valence-corrected chi connectivity index (χ3v) is 13.9. The lowest BCUT2D eigenvalue weighted by Crippen LogP contribution is -2.48. The molecule has 3 aromatic rings. The number of rotatable bonds is 7. The lowest BCUT2D eigenvalue weighted by Gasteiger charge is -2.44. The van der Waals surface area contributed by atoms with Gasteiger partial charge in [0.1, 0.15) is 0 Å². The first kappa shape index (κ1) is 32.7. The van der Waals surface area contributed by atoms with Crippen LogP contribution < -0.4 is 5.46 Å². The maximum absolute atomic E-state index is 13.9. The predicted molar refractivity (Wildman–Crippen MR) is 159 cm³/mol. The van der Waals surface area contributed by atoms with Gasteiger partial charge in [0.25, 0.3) is 0 Å². The zero-order valence-electron chi connectivity index (χ0n) is 24.3. The molecule has 41 heavy (non-hydrogen) atoms. The van der Waals surface area contributed by atoms with Crippen LogP contribution in [0.25, 0.3) is 11.6 Å². The molecule has 0 saturated heterocycles. The number of pyridine rings is 1. The maximum Gasteiger partial charge on any atom is 0.488 e. The number of hydrogen-bond acceptors (Lipinski definition) is 4. The Morgan fingerprint density at radius 1 is 0.829 bits per heavy atom. The summed E-state index contributed by atoms with van der Waals surface area (Å²) in [5.74, 6) is -3.73. The van der Waals surface area contributed by atoms with Gasteiger partial charge < -0.3 is 14.5 Å². The van der Waals surface area contributed by atoms with E-state index in [1.54, 1.807) is 6.07 Å². The summed E-state index contributed by atoms with van der Waals surface area (Å²) in [4.78, 5) is 4.70. The quantitative estimate of drug-likeness (QED) is 0.221. The largest absolute Gasteiger partial charge is 0.488 e. The van der Waals surface area contributed by atoms with Crippen molar-refractivity contribution in [3.05, 3.63) is 94.8 Å². The van der Waals surface area contributed by atoms with Gasteiger partial charge in [0.05, 0.1) is 11.8 Å². The number of allylic oxidation sites excluding steroid dienone is 1. The molecule has 1 heterocycles. The Bertz CT molecular complexity index is 1350. The molecule has 0 bridgehead atoms. The summed E-state index contributed by atoms with van der Waals surface area (Å²) in [6.07, 6.45) is 5.27. The number of benzene rings is 2. The number of nitrogens with zero attached hydrogens (tertiary/aromatic N) is 1. The van der Waals surface area contributed by atoms with E-state index in [4.69, 9.17) is 19.5 Å². The monoisotopic (exact) mass is 587 g/mol. The molecule has 1 unspecified atom stereocenters. The van der Waals surface area contributed by atoms with Crippen LogP contribution in [0.2, 0.25) is 16.6 Å². The molecule has 220 valence electrons. The van der Waals surface area contributed by atoms with Crippen molar-refractivity contribution >= 4 is 32.5 Å². The molecule has 0 aliphatic heterocycles. The van der Waals surface area contributed by atoms with Crippen LogP contribution in [0.3, 0.4) is 0 Å². The van der Waals surface area contributed by atoms with Crippen LogP contribution in [0.1, 0.15) is 77.3 Å². The minimum absolute atomic E-state index is 0.0658. The van der Waals surface area contributed by atoms with E-state index < -0.39 is 38.7 Å². The van der Waals surface area contributed by atoms with Gasteiger partial charge in [-0.2, -0.15) is 0 Å². The molecule has 0 spiro atoms. The lowest BCUT2D eigenvalue weighted by atomic mass is 9.80. The van der Waals surface area contributed by atoms with E-state index in [0.29, 0.717) is 22.2 Å². The van der Waals surface area contributed by atoms with Gasteiger partial charge in [0.15, 0.2) is 23.3 Å². The normalized spacial score (nSPS) is 15.3. The van der Waals surface area contributed by atoms with Gasteiger partial charge in [-0.15, -0.1) is 0 Å². The summed E-state index contributed by atoms with van der Waals surface area (Å²) in [6.45, 7) is 13.7. The number of hydrogen-bond donors (Lipinski definition) is 2. The first-order valence-corrected chi connectivity index (χ1v) is 16.0. The molecule has 1 aliphatic carbocycles. The summed E-state index contributed by atoms with van der Waals surface area (Å²) in [5, 5.41) is 17.0. The predicted octanol–water partition coefficient (Wildman–Crippen LogP) is 7.57. The highest BCUT2D eigenvalue weighted by Gasteiger charge is 2.47. The Morgan fingerprint density at radius 2 is 1.41 bits per heavy atom. The van der Waals surface area contributed by atoms with Gasteiger partial charge in [-0.1, -0.05) is 59.7 Å². The number of halogens is 4. The van der Waals surface area contributed by atoms with Gasteiger partial charge in [-0.25, -0.2) is 17.6 Å². The fourth-order valence-corrected chi connectivity index (χ4v) is 11.4. The summed E-state index contributed by atoms with van der Waals surface area (Å²) in [6, 6.07) is 10.8. The van der Waals surface area contributed by atoms with Crippen LogP contribution in [0.5, 0.6) is 0 Å². The number of aromatic nitrogens is 1. The Hall–Kier alpha value is -2.79. The maximum atomic E-state index is 13.9. The SMILES string of the molecule is CC(C)[Si](OC1CCC(c2ccc(F)c(F)c2)=Cc2cccnc21)(C(C)C)C(C)C.OB(O)c1ccc(F)c(F)c1. The van der Waals surface area contributed by atoms with Crippen molar-refractivity contribution in [3.8, 4) is 0 Å². The third kappa shape index (κ3) is 7.54. The van der Waals surface area contributed by atoms with Gasteiger partial charge in [-0.05, 0) is 88.0 Å². The molecule has 0 saturated carbocycles. The summed E-state index contributed by atoms with van der Waals surface area (Å²) in [7, 11) is -3.86. The van der Waals surface area contributed by atoms with Crippen molar-refractivity contribution in [3.63, 3.8) is 0 Å². The highest BCUT2D eigenvalue weighted by atomic mass is 28.4. The molecule has 0 fully saturated rings. The van der Waals surface area contributed by atoms with Crippen LogP contribution in [-0.2, 0) is 4.43 Å². The van der Waals surface area contributed by atoms with Crippen molar-refractivity contribution in [2.24, 2.45) is 0 Å². The average Bonchev–Trinajstić information content (AvgIpc) is 3.09. The summed E-state index contributed by atoms with van der Waals surface area (Å²) in [5.41, 5.74) is 5.02. The van der Waals surface area contributed by atoms with Gasteiger partial charge in [0, 0.05) is 6.20 Å². The first-order chi connectivity index (χ1) is 19.3. The van der Waals surface area contributed by atoms with Gasteiger partial charge >= 0.3 is 7.12 Å². The van der Waals surface area contributed by atoms with Gasteiger partial charge in [0.2, 0.25) is 8.32 Å². The van der Waals surface area contributed by atoms with E-state index in [2.05, 4.69) is 47.6 Å². The van der Waals surface area contributed by atoms with E-state index in [0.717, 1.165) is 47.9 Å². The van der Waals surface area contributed by atoms with Crippen molar-refractivity contribution in [1.29, 1.82) is 0 Å². The zero-order chi connectivity index (χ0) is 30.5. The molecule has 0 amide bonds. The van der Waals surface area contributed by atoms with E-state index in [1.807, 2.05) is 18.3 Å². The molecule has 0 radical (unpaired) electrons. The van der Waals surface area contributed by atoms with Gasteiger partial charge in [-0.3, -0.25) is 4.98 Å². The van der Waals surface area contributed by atoms with E-state index in [-0.39, 0.29) is 11.6 Å². The topological polar surface area (TPSA) is 62.6 Å². The molecular formula is C31H38BF4NO3Si. The number of fused-ring (bicyclic) bond motifs is 1. The van der Waals surface area contributed by atoms with Crippen LogP contribution in [0.15, 0.2) is 54.7 Å². The lowest BCUT2D eigenvalue weighted by molar-refractivity contribution is 0.164. The molecular weight excluding hydrogens is 549 g/mol. The minimum Gasteiger partial charge on any atom is -0.423 e. The molecule has 2 N–H and O–H groups in total. The molecule has 4 nitrogen and oxygen atoms in total. The minimum atomic E-state index is -2.10. The first-order valence-electron chi connectivity index (χ1n) is 13.9. The van der Waals surface area contributed by atoms with Crippen LogP contribution in [-0.4, -0.2) is 30.5 Å². The standard InChI is InChI=1S/C25H33F2NOSi.C6H5BF2O2/c1-16(2)30(17(3)4,18(5)6)29-24-12-10-19(14-21-8-7-13-28-25(21)24)20-9-11-22(26)23(27)15-20;8-5-2-1-4(7(10)11)3-6(5)9/h7-9,11,13-18,24H,10,12H2,1-6H3;1-3,10-11H. The Balaban J connectivity index is 0.000000352. The Morgan fingerprint density at radius 3 is 1.95 bits per heavy atom. The summed E-state index contributed by atoms with van der Waals surface area (Å²) >= 11 is 0. The second-order valence-corrected chi connectivity index (χ2v) is 16.7. The van der Waals surface area contributed by atoms with Crippen LogP contribution >= 0.6 is 0 Å². The van der Waals surface area contributed by atoms with E-state index >= 15 is 0 Å². The highest BCUT2D eigenvalue weighted by Crippen LogP contribution is 2.47. The third-order valence-electron chi connectivity index (χ3n) is 7.77. The van der Waals surface area contributed by atoms with Crippen molar-refractivity contribution < 1.29 is 32.0 Å². The second-order valence-electron chi connectivity index (χ2n) is 11.3. The van der Waals surface area contributed by atoms with Crippen LogP contribution in [0, 0.1) is 23.3 Å². The summed E-state index contributed by atoms with van der Waals surface area (Å²) < 4.78 is 59.0. The zero-order valence-corrected chi connectivity index (χ0v) is 25.3. The molecule has 10 heteroatoms. The van der Waals surface area contributed by atoms with Crippen molar-refractivity contribution in [2.75, 3.05) is 0 Å². The average molecular weight is 588 g/mol. The molecule has 1 aliphatic rings. The molecule has 1 aromatic heterocycles. The smallest absolute Gasteiger partial charge is 0.423 e. The fourth-order valence-electron chi connectivity index (χ4n) is 5.87. The second kappa shape index (κ2) is 13.9.